The first kappa shape index (κ1) is 21.9. The Morgan fingerprint density at radius 1 is 0.750 bits per heavy atom. The van der Waals surface area contributed by atoms with Crippen molar-refractivity contribution < 1.29 is 13.0 Å². The molecule has 0 aromatic heterocycles. The summed E-state index contributed by atoms with van der Waals surface area (Å²) in [5.74, 6) is 0. The molecule has 1 atom stereocenters. The molecular formula is C23H23Cl3SiTi. The van der Waals surface area contributed by atoms with Crippen LogP contribution in [-0.4, -0.2) is 7.63 Å². The quantitative estimate of drug-likeness (QED) is 0.353. The fourth-order valence-electron chi connectivity index (χ4n) is 5.08. The third-order valence-corrected chi connectivity index (χ3v) is 18.3. The Balaban J connectivity index is 0.00000112. The van der Waals surface area contributed by atoms with E-state index in [1.165, 1.54) is 33.4 Å². The summed E-state index contributed by atoms with van der Waals surface area (Å²) >= 11 is -3.52. The molecule has 3 aromatic carbocycles. The summed E-state index contributed by atoms with van der Waals surface area (Å²) in [5, 5.41) is 2.43. The molecule has 0 amide bonds. The van der Waals surface area contributed by atoms with E-state index in [4.69, 9.17) is 9.30 Å². The zero-order chi connectivity index (χ0) is 18.0. The van der Waals surface area contributed by atoms with E-state index in [2.05, 4.69) is 97.8 Å². The number of allylic oxidation sites excluding steroid dienone is 1. The number of rotatable bonds is 2. The van der Waals surface area contributed by atoms with Gasteiger partial charge in [-0.1, -0.05) is 0 Å². The van der Waals surface area contributed by atoms with Gasteiger partial charge in [0.25, 0.3) is 0 Å². The standard InChI is InChI=1S/C13H9.C9H7.CH3.3ClH.H2Si.Ti/c1-3-7-12-10(5-1)9-11-6-2-4-8-13(11)12;1-2-5-9-7-3-6-8(9)4-1;;;;;;/h1-9H;1-7H;1H3;3*1H;1H2;/q;;;;;;;+1/p-1. The van der Waals surface area contributed by atoms with Gasteiger partial charge in [0.2, 0.25) is 0 Å². The summed E-state index contributed by atoms with van der Waals surface area (Å²) in [7, 11) is 9.98. The topological polar surface area (TPSA) is 0 Å². The molecule has 1 unspecified atom stereocenters. The zero-order valence-electron chi connectivity index (χ0n) is 15.6. The monoisotopic (exact) mass is 480 g/mol. The van der Waals surface area contributed by atoms with Crippen molar-refractivity contribution in [2.75, 3.05) is 0 Å². The number of hydrogen-bond donors (Lipinski definition) is 0. The molecule has 0 saturated heterocycles. The molecule has 0 nitrogen and oxygen atoms in total. The van der Waals surface area contributed by atoms with Gasteiger partial charge in [-0.25, -0.2) is 0 Å². The van der Waals surface area contributed by atoms with Crippen LogP contribution in [0.15, 0.2) is 78.9 Å². The fourth-order valence-corrected chi connectivity index (χ4v) is 16.7. The van der Waals surface area contributed by atoms with E-state index in [9.17, 15) is 0 Å². The molecule has 2 aliphatic rings. The molecule has 0 bridgehead atoms. The van der Waals surface area contributed by atoms with Crippen LogP contribution in [-0.2, 0) is 13.0 Å². The zero-order valence-corrected chi connectivity index (χ0v) is 21.0. The summed E-state index contributed by atoms with van der Waals surface area (Å²) in [4.78, 5) is 0. The van der Waals surface area contributed by atoms with Gasteiger partial charge in [0.15, 0.2) is 0 Å². The molecule has 0 aliphatic heterocycles. The van der Waals surface area contributed by atoms with Crippen LogP contribution in [0.4, 0.5) is 0 Å². The summed E-state index contributed by atoms with van der Waals surface area (Å²) in [6, 6.07) is 26.5. The van der Waals surface area contributed by atoms with Crippen molar-refractivity contribution in [1.82, 2.24) is 0 Å². The van der Waals surface area contributed by atoms with Gasteiger partial charge in [0.05, 0.1) is 0 Å². The van der Waals surface area contributed by atoms with Gasteiger partial charge in [-0.3, -0.25) is 0 Å². The van der Waals surface area contributed by atoms with E-state index in [-0.39, 0.29) is 24.8 Å². The first-order valence-electron chi connectivity index (χ1n) is 9.17. The SMILES string of the molecule is Cl.Cl.[CH3][Ti](=[SiH2])([Cl])([CH]1C=Cc2ccccc21)[CH]1c2ccccc2-c2ccccc21. The second-order valence-electron chi connectivity index (χ2n) is 8.12. The van der Waals surface area contributed by atoms with E-state index in [0.717, 1.165) is 0 Å². The molecule has 2 aliphatic carbocycles. The molecule has 0 fully saturated rings. The van der Waals surface area contributed by atoms with Crippen molar-refractivity contribution in [2.24, 2.45) is 0 Å². The summed E-state index contributed by atoms with van der Waals surface area (Å²) in [5.41, 5.74) is 8.34. The van der Waals surface area contributed by atoms with Crippen LogP contribution in [0.2, 0.25) is 5.23 Å². The van der Waals surface area contributed by atoms with E-state index in [1.54, 1.807) is 0 Å². The van der Waals surface area contributed by atoms with Crippen LogP contribution in [0.25, 0.3) is 17.2 Å². The number of benzene rings is 3. The van der Waals surface area contributed by atoms with Crippen LogP contribution in [0.3, 0.4) is 0 Å². The third kappa shape index (κ3) is 3.08. The molecule has 144 valence electrons. The van der Waals surface area contributed by atoms with Gasteiger partial charge >= 0.3 is 162 Å². The maximum absolute atomic E-state index is 7.84. The molecule has 0 heterocycles. The van der Waals surface area contributed by atoms with Gasteiger partial charge in [0.1, 0.15) is 0 Å². The van der Waals surface area contributed by atoms with E-state index >= 15 is 0 Å². The molecule has 0 N–H and O–H groups in total. The first-order valence-corrected chi connectivity index (χ1v) is 18.7. The van der Waals surface area contributed by atoms with Gasteiger partial charge in [0, 0.05) is 0 Å². The number of hydrogen-bond acceptors (Lipinski definition) is 0. The molecule has 0 radical (unpaired) electrons. The Morgan fingerprint density at radius 3 is 1.79 bits per heavy atom. The van der Waals surface area contributed by atoms with Crippen molar-refractivity contribution >= 4 is 47.8 Å². The van der Waals surface area contributed by atoms with Crippen molar-refractivity contribution in [1.29, 1.82) is 0 Å². The Bertz CT molecular complexity index is 1100. The molecule has 5 rings (SSSR count). The second-order valence-corrected chi connectivity index (χ2v) is 30.4. The third-order valence-electron chi connectivity index (χ3n) is 6.23. The number of halogens is 3. The van der Waals surface area contributed by atoms with Crippen molar-refractivity contribution in [3.63, 3.8) is 0 Å². The fraction of sp³-hybridized carbons (Fsp3) is 0.130. The average Bonchev–Trinajstić information content (AvgIpc) is 3.22. The summed E-state index contributed by atoms with van der Waals surface area (Å²) in [6.45, 7) is 0. The van der Waals surface area contributed by atoms with E-state index in [0.29, 0.717) is 8.45 Å². The number of fused-ring (bicyclic) bond motifs is 4. The van der Waals surface area contributed by atoms with Crippen LogP contribution < -0.4 is 0 Å². The van der Waals surface area contributed by atoms with Gasteiger partial charge < -0.3 is 0 Å². The van der Waals surface area contributed by atoms with Crippen LogP contribution in [0.1, 0.15) is 30.7 Å². The predicted octanol–water partition coefficient (Wildman–Crippen LogP) is 6.81. The van der Waals surface area contributed by atoms with Crippen molar-refractivity contribution in [3.05, 3.63) is 101 Å². The van der Waals surface area contributed by atoms with Crippen molar-refractivity contribution in [3.8, 4) is 11.1 Å². The maximum atomic E-state index is 7.84. The van der Waals surface area contributed by atoms with Crippen LogP contribution in [0, 0.1) is 0 Å². The Hall–Kier alpha value is -0.799. The van der Waals surface area contributed by atoms with Gasteiger partial charge in [-0.05, 0) is 0 Å². The van der Waals surface area contributed by atoms with Crippen molar-refractivity contribution in [2.45, 2.75) is 13.7 Å². The Kier molecular flexibility index (Phi) is 5.84. The first-order chi connectivity index (χ1) is 12.5. The Labute approximate surface area is 185 Å². The minimum absolute atomic E-state index is 0. The molecular weight excluding hydrogens is 459 g/mol. The van der Waals surface area contributed by atoms with Gasteiger partial charge in [-0.2, -0.15) is 0 Å². The van der Waals surface area contributed by atoms with Crippen LogP contribution in [0.5, 0.6) is 0 Å². The van der Waals surface area contributed by atoms with E-state index in [1.807, 2.05) is 0 Å². The normalized spacial score (nSPS) is 17.2. The second kappa shape index (κ2) is 7.47. The molecule has 0 saturated carbocycles. The predicted molar refractivity (Wildman–Crippen MR) is 127 cm³/mol. The average molecular weight is 482 g/mol. The Morgan fingerprint density at radius 2 is 1.21 bits per heavy atom. The molecule has 28 heavy (non-hydrogen) atoms. The van der Waals surface area contributed by atoms with Crippen LogP contribution >= 0.6 is 34.1 Å². The molecule has 5 heteroatoms. The van der Waals surface area contributed by atoms with E-state index < -0.39 is 13.0 Å². The molecule has 3 aromatic rings. The van der Waals surface area contributed by atoms with Gasteiger partial charge in [-0.15, -0.1) is 24.8 Å². The summed E-state index contributed by atoms with van der Waals surface area (Å²) in [6.07, 6.45) is 4.65. The summed E-state index contributed by atoms with van der Waals surface area (Å²) < 4.78 is 0.688. The minimum atomic E-state index is -3.52. The molecule has 0 spiro atoms.